The van der Waals surface area contributed by atoms with E-state index in [1.54, 1.807) is 0 Å². The van der Waals surface area contributed by atoms with E-state index in [1.807, 2.05) is 0 Å². The summed E-state index contributed by atoms with van der Waals surface area (Å²) in [5.41, 5.74) is 0.334. The van der Waals surface area contributed by atoms with Gasteiger partial charge in [-0.15, -0.1) is 0 Å². The number of rotatable bonds is 2. The monoisotopic (exact) mass is 192 g/mol. The number of hydrogen-bond donors (Lipinski definition) is 0. The Hall–Kier alpha value is -0.790. The second kappa shape index (κ2) is 2.85. The molecule has 2 heteroatoms. The van der Waals surface area contributed by atoms with Gasteiger partial charge in [0.05, 0.1) is 0 Å². The molecule has 0 aromatic rings. The normalized spacial score (nSPS) is 49.0. The largest absolute Gasteiger partial charge is 0.464 e. The summed E-state index contributed by atoms with van der Waals surface area (Å²) in [5.74, 6) is 1.63. The van der Waals surface area contributed by atoms with Gasteiger partial charge in [-0.2, -0.15) is 0 Å². The van der Waals surface area contributed by atoms with Crippen molar-refractivity contribution in [3.05, 3.63) is 12.2 Å². The molecule has 0 N–H and O–H groups in total. The van der Waals surface area contributed by atoms with Gasteiger partial charge in [0.15, 0.2) is 0 Å². The number of allylic oxidation sites excluding steroid dienone is 2. The molecular weight excluding hydrogens is 176 g/mol. The Morgan fingerprint density at radius 3 is 3.21 bits per heavy atom. The average molecular weight is 192 g/mol. The van der Waals surface area contributed by atoms with Gasteiger partial charge in [-0.1, -0.05) is 12.2 Å². The van der Waals surface area contributed by atoms with Crippen LogP contribution in [0.2, 0.25) is 0 Å². The predicted octanol–water partition coefficient (Wildman–Crippen LogP) is 2.29. The van der Waals surface area contributed by atoms with E-state index in [1.165, 1.54) is 19.3 Å². The molecule has 0 aromatic carbocycles. The fourth-order valence-electron chi connectivity index (χ4n) is 4.12. The summed E-state index contributed by atoms with van der Waals surface area (Å²) in [4.78, 5) is 10.5. The fourth-order valence-corrected chi connectivity index (χ4v) is 4.12. The van der Waals surface area contributed by atoms with Crippen LogP contribution in [0.5, 0.6) is 0 Å². The van der Waals surface area contributed by atoms with Crippen LogP contribution in [0.15, 0.2) is 12.2 Å². The highest BCUT2D eigenvalue weighted by atomic mass is 16.5. The topological polar surface area (TPSA) is 26.3 Å². The van der Waals surface area contributed by atoms with Crippen molar-refractivity contribution in [2.75, 3.05) is 0 Å². The molecule has 0 amide bonds. The zero-order chi connectivity index (χ0) is 9.60. The SMILES string of the molecule is O=CO[C@H]1C[C@@H]2CC[C@]13CC=CC[C@@H]23. The molecule has 0 spiro atoms. The summed E-state index contributed by atoms with van der Waals surface area (Å²) in [5, 5.41) is 0. The molecule has 2 saturated carbocycles. The molecule has 0 unspecified atom stereocenters. The molecule has 3 rings (SSSR count). The molecule has 3 aliphatic rings. The van der Waals surface area contributed by atoms with Gasteiger partial charge in [-0.05, 0) is 43.9 Å². The van der Waals surface area contributed by atoms with Crippen molar-refractivity contribution in [3.8, 4) is 0 Å². The van der Waals surface area contributed by atoms with E-state index in [-0.39, 0.29) is 6.10 Å². The quantitative estimate of drug-likeness (QED) is 0.495. The van der Waals surface area contributed by atoms with E-state index < -0.39 is 0 Å². The Balaban J connectivity index is 1.93. The first kappa shape index (κ1) is 8.51. The molecule has 2 bridgehead atoms. The predicted molar refractivity (Wildman–Crippen MR) is 52.6 cm³/mol. The summed E-state index contributed by atoms with van der Waals surface area (Å²) < 4.78 is 5.28. The Bertz CT molecular complexity index is 284. The summed E-state index contributed by atoms with van der Waals surface area (Å²) in [6.45, 7) is 0.648. The maximum absolute atomic E-state index is 10.5. The van der Waals surface area contributed by atoms with Crippen molar-refractivity contribution in [3.63, 3.8) is 0 Å². The van der Waals surface area contributed by atoms with Crippen LogP contribution < -0.4 is 0 Å². The van der Waals surface area contributed by atoms with Crippen LogP contribution in [0.1, 0.15) is 32.1 Å². The van der Waals surface area contributed by atoms with E-state index in [4.69, 9.17) is 4.74 Å². The molecule has 76 valence electrons. The van der Waals surface area contributed by atoms with Gasteiger partial charge >= 0.3 is 0 Å². The van der Waals surface area contributed by atoms with Crippen LogP contribution in [0, 0.1) is 17.3 Å². The molecule has 4 atom stereocenters. The molecule has 2 fully saturated rings. The van der Waals surface area contributed by atoms with Gasteiger partial charge in [0.25, 0.3) is 6.47 Å². The maximum Gasteiger partial charge on any atom is 0.293 e. The number of ether oxygens (including phenoxy) is 1. The summed E-state index contributed by atoms with van der Waals surface area (Å²) in [6, 6.07) is 0. The van der Waals surface area contributed by atoms with Crippen LogP contribution >= 0.6 is 0 Å². The van der Waals surface area contributed by atoms with E-state index in [9.17, 15) is 4.79 Å². The molecular formula is C12H16O2. The smallest absolute Gasteiger partial charge is 0.293 e. The Morgan fingerprint density at radius 1 is 1.43 bits per heavy atom. The first-order valence-corrected chi connectivity index (χ1v) is 5.61. The zero-order valence-corrected chi connectivity index (χ0v) is 8.32. The number of carbonyl (C=O) groups excluding carboxylic acids is 1. The van der Waals surface area contributed by atoms with Crippen LogP contribution in [-0.2, 0) is 9.53 Å². The summed E-state index contributed by atoms with van der Waals surface area (Å²) in [6.07, 6.45) is 10.9. The summed E-state index contributed by atoms with van der Waals surface area (Å²) >= 11 is 0. The van der Waals surface area contributed by atoms with Gasteiger partial charge in [-0.25, -0.2) is 0 Å². The van der Waals surface area contributed by atoms with E-state index >= 15 is 0 Å². The van der Waals surface area contributed by atoms with Crippen molar-refractivity contribution in [2.45, 2.75) is 38.2 Å². The minimum absolute atomic E-state index is 0.216. The lowest BCUT2D eigenvalue weighted by Crippen LogP contribution is -2.36. The lowest BCUT2D eigenvalue weighted by atomic mass is 9.70. The Kier molecular flexibility index (Phi) is 1.73. The Labute approximate surface area is 84.3 Å². The summed E-state index contributed by atoms with van der Waals surface area (Å²) in [7, 11) is 0. The van der Waals surface area contributed by atoms with Crippen molar-refractivity contribution in [1.29, 1.82) is 0 Å². The van der Waals surface area contributed by atoms with Crippen molar-refractivity contribution in [2.24, 2.45) is 17.3 Å². The van der Waals surface area contributed by atoms with Crippen LogP contribution in [0.4, 0.5) is 0 Å². The standard InChI is InChI=1S/C12H16O2/c13-8-14-11-7-9-4-6-12(11)5-2-1-3-10(9)12/h1-2,8-11H,3-7H2/t9-,10-,11-,12-/m0/s1. The molecule has 0 aliphatic heterocycles. The number of hydrogen-bond acceptors (Lipinski definition) is 2. The first-order valence-electron chi connectivity index (χ1n) is 5.61. The molecule has 0 aromatic heterocycles. The fraction of sp³-hybridized carbons (Fsp3) is 0.750. The molecule has 2 nitrogen and oxygen atoms in total. The number of carbonyl (C=O) groups is 1. The lowest BCUT2D eigenvalue weighted by Gasteiger charge is -2.37. The molecule has 0 radical (unpaired) electrons. The molecule has 14 heavy (non-hydrogen) atoms. The Morgan fingerprint density at radius 2 is 2.36 bits per heavy atom. The van der Waals surface area contributed by atoms with Gasteiger partial charge in [0, 0.05) is 5.41 Å². The third-order valence-corrected chi connectivity index (χ3v) is 4.72. The van der Waals surface area contributed by atoms with Gasteiger partial charge in [-0.3, -0.25) is 4.79 Å². The van der Waals surface area contributed by atoms with Crippen molar-refractivity contribution < 1.29 is 9.53 Å². The first-order chi connectivity index (χ1) is 6.87. The van der Waals surface area contributed by atoms with E-state index in [0.29, 0.717) is 11.9 Å². The van der Waals surface area contributed by atoms with E-state index in [2.05, 4.69) is 12.2 Å². The van der Waals surface area contributed by atoms with E-state index in [0.717, 1.165) is 24.7 Å². The third-order valence-electron chi connectivity index (χ3n) is 4.72. The maximum atomic E-state index is 10.5. The molecule has 0 saturated heterocycles. The van der Waals surface area contributed by atoms with Crippen molar-refractivity contribution in [1.82, 2.24) is 0 Å². The highest BCUT2D eigenvalue weighted by molar-refractivity contribution is 5.38. The van der Waals surface area contributed by atoms with Crippen LogP contribution in [0.3, 0.4) is 0 Å². The lowest BCUT2D eigenvalue weighted by molar-refractivity contribution is -0.140. The third kappa shape index (κ3) is 0.891. The molecule has 3 aliphatic carbocycles. The van der Waals surface area contributed by atoms with Gasteiger partial charge in [0.2, 0.25) is 0 Å². The van der Waals surface area contributed by atoms with Crippen molar-refractivity contribution >= 4 is 6.47 Å². The highest BCUT2D eigenvalue weighted by Crippen LogP contribution is 2.63. The molecule has 0 heterocycles. The average Bonchev–Trinajstić information content (AvgIpc) is 2.72. The van der Waals surface area contributed by atoms with Crippen LogP contribution in [-0.4, -0.2) is 12.6 Å². The minimum atomic E-state index is 0.216. The van der Waals surface area contributed by atoms with Gasteiger partial charge < -0.3 is 4.74 Å². The second-order valence-corrected chi connectivity index (χ2v) is 5.01. The van der Waals surface area contributed by atoms with Gasteiger partial charge in [0.1, 0.15) is 6.10 Å². The minimum Gasteiger partial charge on any atom is -0.464 e. The van der Waals surface area contributed by atoms with Crippen LogP contribution in [0.25, 0.3) is 0 Å². The second-order valence-electron chi connectivity index (χ2n) is 5.01. The zero-order valence-electron chi connectivity index (χ0n) is 8.32. The highest BCUT2D eigenvalue weighted by Gasteiger charge is 2.59.